The van der Waals surface area contributed by atoms with E-state index in [4.69, 9.17) is 38.4 Å². The summed E-state index contributed by atoms with van der Waals surface area (Å²) >= 11 is 0. The van der Waals surface area contributed by atoms with Crippen LogP contribution in [-0.4, -0.2) is 75.9 Å². The molecule has 1 aromatic carbocycles. The maximum absolute atomic E-state index is 11.3. The average molecular weight is 588 g/mol. The number of aliphatic carboxylic acids is 3. The van der Waals surface area contributed by atoms with Crippen LogP contribution in [0.1, 0.15) is 53.5 Å². The summed E-state index contributed by atoms with van der Waals surface area (Å²) in [5, 5.41) is 30.0. The number of hydrogen-bond acceptors (Lipinski definition) is 9. The Morgan fingerprint density at radius 1 is 0.829 bits per heavy atom. The van der Waals surface area contributed by atoms with Crippen LogP contribution in [0, 0.1) is 11.8 Å². The van der Waals surface area contributed by atoms with E-state index < -0.39 is 48.1 Å². The van der Waals surface area contributed by atoms with E-state index >= 15 is 0 Å². The lowest BCUT2D eigenvalue weighted by Gasteiger charge is -2.14. The molecule has 0 fully saturated rings. The van der Waals surface area contributed by atoms with Gasteiger partial charge >= 0.3 is 23.9 Å². The molecule has 0 aromatic heterocycles. The van der Waals surface area contributed by atoms with E-state index in [1.165, 1.54) is 6.92 Å². The molecular weight excluding hydrogens is 538 g/mol. The molecular formula is C26H49N7O8. The summed E-state index contributed by atoms with van der Waals surface area (Å²) in [5.74, 6) is 2.08. The fourth-order valence-corrected chi connectivity index (χ4v) is 2.43. The van der Waals surface area contributed by atoms with Crippen LogP contribution in [-0.2, 0) is 25.6 Å². The second-order valence-corrected chi connectivity index (χ2v) is 9.56. The molecule has 236 valence electrons. The molecule has 41 heavy (non-hydrogen) atoms. The summed E-state index contributed by atoms with van der Waals surface area (Å²) in [6.45, 7) is 11.2. The molecule has 15 heteroatoms. The van der Waals surface area contributed by atoms with Crippen LogP contribution in [0.25, 0.3) is 0 Å². The molecule has 0 heterocycles. The Kier molecular flexibility index (Phi) is 24.4. The van der Waals surface area contributed by atoms with Gasteiger partial charge in [-0.15, -0.1) is 0 Å². The minimum atomic E-state index is -1.04. The average Bonchev–Trinajstić information content (AvgIpc) is 2.88. The summed E-state index contributed by atoms with van der Waals surface area (Å²) in [6.07, 6.45) is 0.941. The fraction of sp³-hybridized carbons (Fsp3) is 0.577. The number of nitrogens with two attached hydrogens (primary N) is 4. The van der Waals surface area contributed by atoms with Gasteiger partial charge in [-0.25, -0.2) is 15.4 Å². The van der Waals surface area contributed by atoms with E-state index in [2.05, 4.69) is 10.6 Å². The highest BCUT2D eigenvalue weighted by molar-refractivity contribution is 5.82. The summed E-state index contributed by atoms with van der Waals surface area (Å²) in [4.78, 5) is 52.5. The lowest BCUT2D eigenvalue weighted by atomic mass is 10.0. The van der Waals surface area contributed by atoms with Crippen LogP contribution in [0.15, 0.2) is 30.3 Å². The van der Waals surface area contributed by atoms with Crippen LogP contribution in [0.2, 0.25) is 0 Å². The molecule has 0 aliphatic carbocycles. The van der Waals surface area contributed by atoms with Crippen LogP contribution in [0.4, 0.5) is 4.79 Å². The molecule has 0 radical (unpaired) electrons. The molecule has 0 spiro atoms. The van der Waals surface area contributed by atoms with Gasteiger partial charge in [0.15, 0.2) is 0 Å². The number of amides is 3. The lowest BCUT2D eigenvalue weighted by Crippen LogP contribution is -2.47. The van der Waals surface area contributed by atoms with Crippen molar-refractivity contribution < 1.29 is 39.3 Å². The molecule has 0 unspecified atom stereocenters. The highest BCUT2D eigenvalue weighted by Gasteiger charge is 2.19. The van der Waals surface area contributed by atoms with Crippen LogP contribution in [0.3, 0.4) is 0 Å². The zero-order valence-corrected chi connectivity index (χ0v) is 24.7. The van der Waals surface area contributed by atoms with E-state index in [1.54, 1.807) is 20.8 Å². The van der Waals surface area contributed by atoms with Crippen molar-refractivity contribution in [1.82, 2.24) is 16.1 Å². The van der Waals surface area contributed by atoms with Gasteiger partial charge in [0.1, 0.15) is 18.1 Å². The highest BCUT2D eigenvalue weighted by atomic mass is 16.4. The smallest absolute Gasteiger partial charge is 0.326 e. The number of hydrogen-bond donors (Lipinski definition) is 10. The minimum Gasteiger partial charge on any atom is -0.480 e. The Morgan fingerprint density at radius 3 is 1.61 bits per heavy atom. The standard InChI is InChI=1S/C12H16N2O3.C6H15N3O.C5H11NO2.C3H7NO2/c1-2-13-12(17)14-10(11(15)16)8-9-6-4-3-5-7-9;1-4(2)3-5(7)6(10)9-8;1-3(2)4(6)5(7)8;1-2(4)3(5)6/h3-7,10H,2,8H2,1H3,(H,15,16)(H2,13,14,17);4-5H,3,7-8H2,1-2H3,(H,9,10);3-4H,6H2,1-2H3,(H,7,8);2H,4H2,1H3,(H,5,6)/t10-;5-;4-;2-/m0000/s1. The maximum Gasteiger partial charge on any atom is 0.326 e. The lowest BCUT2D eigenvalue weighted by molar-refractivity contribution is -0.140. The first-order valence-corrected chi connectivity index (χ1v) is 12.9. The molecule has 0 bridgehead atoms. The monoisotopic (exact) mass is 587 g/mol. The van der Waals surface area contributed by atoms with Crippen molar-refractivity contribution in [2.75, 3.05) is 6.54 Å². The number of rotatable bonds is 11. The predicted octanol–water partition coefficient (Wildman–Crippen LogP) is -0.176. The van der Waals surface area contributed by atoms with E-state index in [-0.39, 0.29) is 18.2 Å². The van der Waals surface area contributed by atoms with Crippen molar-refractivity contribution >= 4 is 29.8 Å². The first-order chi connectivity index (χ1) is 18.9. The molecule has 0 aliphatic heterocycles. The Bertz CT molecular complexity index is 899. The van der Waals surface area contributed by atoms with Gasteiger partial charge < -0.3 is 43.2 Å². The van der Waals surface area contributed by atoms with Gasteiger partial charge in [-0.1, -0.05) is 58.0 Å². The number of carbonyl (C=O) groups excluding carboxylic acids is 2. The summed E-state index contributed by atoms with van der Waals surface area (Å²) in [6, 6.07) is 5.90. The number of hydrazine groups is 1. The first-order valence-electron chi connectivity index (χ1n) is 12.9. The third kappa shape index (κ3) is 25.0. The quantitative estimate of drug-likeness (QED) is 0.0916. The van der Waals surface area contributed by atoms with Crippen LogP contribution < -0.4 is 39.1 Å². The third-order valence-corrected chi connectivity index (χ3v) is 4.82. The summed E-state index contributed by atoms with van der Waals surface area (Å²) < 4.78 is 0. The van der Waals surface area contributed by atoms with Gasteiger partial charge in [0, 0.05) is 13.0 Å². The Hall–Kier alpha value is -3.79. The number of carboxylic acid groups (broad SMARTS) is 3. The normalized spacial score (nSPS) is 12.8. The largest absolute Gasteiger partial charge is 0.480 e. The zero-order valence-electron chi connectivity index (χ0n) is 24.7. The van der Waals surface area contributed by atoms with E-state index in [1.807, 2.05) is 49.6 Å². The predicted molar refractivity (Wildman–Crippen MR) is 155 cm³/mol. The van der Waals surface area contributed by atoms with Gasteiger partial charge in [-0.2, -0.15) is 0 Å². The molecule has 0 saturated heterocycles. The van der Waals surface area contributed by atoms with E-state index in [0.717, 1.165) is 5.56 Å². The Balaban J connectivity index is -0.000000514. The zero-order chi connectivity index (χ0) is 32.7. The molecule has 14 N–H and O–H groups in total. The number of nitrogens with one attached hydrogen (secondary N) is 3. The number of urea groups is 1. The number of carbonyl (C=O) groups is 5. The number of benzene rings is 1. The second-order valence-electron chi connectivity index (χ2n) is 9.56. The molecule has 15 nitrogen and oxygen atoms in total. The van der Waals surface area contributed by atoms with Crippen molar-refractivity contribution in [2.24, 2.45) is 34.9 Å². The van der Waals surface area contributed by atoms with E-state index in [0.29, 0.717) is 18.9 Å². The van der Waals surface area contributed by atoms with Crippen molar-refractivity contribution in [1.29, 1.82) is 0 Å². The van der Waals surface area contributed by atoms with Crippen LogP contribution in [0.5, 0.6) is 0 Å². The molecule has 0 aliphatic rings. The minimum absolute atomic E-state index is 0.0208. The third-order valence-electron chi connectivity index (χ3n) is 4.82. The number of carboxylic acids is 3. The van der Waals surface area contributed by atoms with Gasteiger partial charge in [-0.3, -0.25) is 19.8 Å². The van der Waals surface area contributed by atoms with E-state index in [9.17, 15) is 24.0 Å². The second kappa shape index (κ2) is 24.0. The van der Waals surface area contributed by atoms with Gasteiger partial charge in [0.2, 0.25) is 0 Å². The van der Waals surface area contributed by atoms with Gasteiger partial charge in [-0.05, 0) is 37.7 Å². The van der Waals surface area contributed by atoms with Gasteiger partial charge in [0.25, 0.3) is 5.91 Å². The molecule has 1 rings (SSSR count). The molecule has 0 saturated carbocycles. The first kappa shape index (κ1) is 41.7. The maximum atomic E-state index is 11.3. The van der Waals surface area contributed by atoms with Crippen LogP contribution >= 0.6 is 0 Å². The summed E-state index contributed by atoms with van der Waals surface area (Å²) in [7, 11) is 0. The summed E-state index contributed by atoms with van der Waals surface area (Å²) in [5.41, 5.74) is 18.3. The molecule has 1 aromatic rings. The van der Waals surface area contributed by atoms with Gasteiger partial charge in [0.05, 0.1) is 6.04 Å². The Labute approximate surface area is 241 Å². The van der Waals surface area contributed by atoms with Crippen molar-refractivity contribution in [3.8, 4) is 0 Å². The molecule has 3 amide bonds. The van der Waals surface area contributed by atoms with Crippen molar-refractivity contribution in [3.63, 3.8) is 0 Å². The van der Waals surface area contributed by atoms with Crippen molar-refractivity contribution in [2.45, 2.75) is 78.6 Å². The van der Waals surface area contributed by atoms with Crippen molar-refractivity contribution in [3.05, 3.63) is 35.9 Å². The topological polar surface area (TPSA) is 286 Å². The Morgan fingerprint density at radius 2 is 1.32 bits per heavy atom. The fourth-order valence-electron chi connectivity index (χ4n) is 2.43. The molecule has 4 atom stereocenters. The highest BCUT2D eigenvalue weighted by Crippen LogP contribution is 2.03. The SMILES string of the molecule is CC(C)C[C@H](N)C(=O)NN.CC(C)[C@H](N)C(=O)O.CCNC(=O)N[C@@H](Cc1ccccc1)C(=O)O.C[C@H](N)C(=O)O.